The molecule has 0 aliphatic carbocycles. The van der Waals surface area contributed by atoms with E-state index in [0.717, 1.165) is 18.7 Å². The standard InChI is InChI=1S/C71H114N26O26S/c1-31(2)52(65(118)96-54(34(5)103)67(120)92-43(25-98)57(110)82-24-51(107)86-44(26-99)62(115)95-53(33(4)102)66(119)89-42(69(122)123)19-35-12-14-37(104)15-13-35)94-58(111)39(10-7-17-80-71(76)77)87-64(117)48-11-8-18-97(48)68(121)32(3)84-60(113)45(27-100)90-61(114)46(28-101)91-63(116)47(29-124)93-59(112)40(20-36-22-78-30-83-36)85-50(106)23-81-56(109)41(21-49(73)105)88-55(108)38(72)9-6-16-79-70(74)75/h12-15,22,30-34,38-48,52-54,98-104,124H,6-11,16-21,23-29,72H2,1-5H3,(H2,73,105)(H,78,83)(H,81,109)(H,82,110)(H,84,113)(H,85,106)(H,86,107)(H,87,117)(H,88,108)(H,89,119)(H,90,114)(H,91,116)(H,92,120)(H,93,112)(H,94,111)(H,95,115)(H,96,118)(H,122,123)(H4,74,75,79)(H4,76,77,80)/t32-,33+,34+,38-,39-,40-,41-,42-,43-,44-,45-,46-,47-,48-,52-,53-,54-/m0/s1. The number of benzene rings is 1. The molecule has 0 radical (unpaired) electrons. The summed E-state index contributed by atoms with van der Waals surface area (Å²) in [6, 6.07) is -19.7. The summed E-state index contributed by atoms with van der Waals surface area (Å²) in [4.78, 5) is 249. The first-order valence-corrected chi connectivity index (χ1v) is 39.4. The molecule has 17 atom stereocenters. The maximum atomic E-state index is 14.3. The maximum absolute atomic E-state index is 14.3. The third-order valence-corrected chi connectivity index (χ3v) is 18.9. The molecule has 3 rings (SSSR count). The summed E-state index contributed by atoms with van der Waals surface area (Å²) in [6.45, 7) is -0.189. The first-order valence-electron chi connectivity index (χ1n) is 38.8. The molecule has 17 amide bonds. The number of nitrogens with two attached hydrogens (primary N) is 4. The van der Waals surface area contributed by atoms with Crippen LogP contribution in [-0.2, 0) is 99.1 Å². The molecule has 52 nitrogen and oxygen atoms in total. The summed E-state index contributed by atoms with van der Waals surface area (Å²) < 4.78 is 0. The van der Waals surface area contributed by atoms with Crippen molar-refractivity contribution in [1.82, 2.24) is 105 Å². The zero-order valence-corrected chi connectivity index (χ0v) is 69.3. The van der Waals surface area contributed by atoms with Gasteiger partial charge in [0.1, 0.15) is 90.3 Å². The number of thiol groups is 1. The number of amides is 17. The second kappa shape index (κ2) is 53.3. The number of carboxylic acids is 1. The first-order chi connectivity index (χ1) is 58.4. The zero-order chi connectivity index (χ0) is 93.4. The number of imidazole rings is 1. The van der Waals surface area contributed by atoms with E-state index in [4.69, 9.17) is 33.8 Å². The lowest BCUT2D eigenvalue weighted by Gasteiger charge is -2.30. The van der Waals surface area contributed by atoms with Gasteiger partial charge in [-0.15, -0.1) is 0 Å². The average molecular weight is 1780 g/mol. The van der Waals surface area contributed by atoms with Crippen LogP contribution in [0.1, 0.15) is 90.8 Å². The average Bonchev–Trinajstić information content (AvgIpc) is 1.70. The van der Waals surface area contributed by atoms with Crippen molar-refractivity contribution < 1.29 is 127 Å². The van der Waals surface area contributed by atoms with Gasteiger partial charge in [-0.1, -0.05) is 26.0 Å². The van der Waals surface area contributed by atoms with Crippen molar-refractivity contribution in [2.24, 2.45) is 28.9 Å². The lowest BCUT2D eigenvalue weighted by molar-refractivity contribution is -0.143. The molecule has 0 saturated carbocycles. The number of aromatic amines is 1. The smallest absolute Gasteiger partial charge is 0.326 e. The van der Waals surface area contributed by atoms with Gasteiger partial charge in [0.05, 0.1) is 70.5 Å². The van der Waals surface area contributed by atoms with Gasteiger partial charge in [-0.25, -0.2) is 9.78 Å². The number of phenolic OH excluding ortho intramolecular Hbond substituents is 1. The van der Waals surface area contributed by atoms with E-state index in [-0.39, 0.29) is 88.4 Å². The number of nitrogens with one attached hydrogen (secondary N) is 20. The van der Waals surface area contributed by atoms with Crippen LogP contribution in [-0.4, -0.2) is 342 Å². The van der Waals surface area contributed by atoms with Gasteiger partial charge in [-0.3, -0.25) is 92.3 Å². The second-order valence-electron chi connectivity index (χ2n) is 28.9. The van der Waals surface area contributed by atoms with Gasteiger partial charge in [-0.2, -0.15) is 12.6 Å². The van der Waals surface area contributed by atoms with Crippen LogP contribution in [0.25, 0.3) is 0 Å². The molecule has 0 bridgehead atoms. The van der Waals surface area contributed by atoms with E-state index >= 15 is 0 Å². The van der Waals surface area contributed by atoms with Crippen molar-refractivity contribution in [2.45, 2.75) is 195 Å². The Morgan fingerprint density at radius 3 is 1.43 bits per heavy atom. The first kappa shape index (κ1) is 105. The highest BCUT2D eigenvalue weighted by molar-refractivity contribution is 7.80. The number of aromatic nitrogens is 2. The zero-order valence-electron chi connectivity index (χ0n) is 68.4. The molecule has 1 saturated heterocycles. The molecule has 2 aromatic rings. The largest absolute Gasteiger partial charge is 0.508 e. The lowest BCUT2D eigenvalue weighted by Crippen LogP contribution is -2.62. The highest BCUT2D eigenvalue weighted by Gasteiger charge is 2.42. The normalized spacial score (nSPS) is 16.1. The van der Waals surface area contributed by atoms with Crippen LogP contribution in [0.5, 0.6) is 5.75 Å². The molecule has 1 fully saturated rings. The number of carboxylic acid groups (broad SMARTS) is 1. The Hall–Kier alpha value is -12.7. The Morgan fingerprint density at radius 2 is 0.935 bits per heavy atom. The van der Waals surface area contributed by atoms with E-state index in [0.29, 0.717) is 5.56 Å². The number of primary amides is 1. The molecule has 53 heteroatoms. The Bertz CT molecular complexity index is 4040. The highest BCUT2D eigenvalue weighted by atomic mass is 32.1. The van der Waals surface area contributed by atoms with Gasteiger partial charge in [0, 0.05) is 50.1 Å². The van der Waals surface area contributed by atoms with Crippen molar-refractivity contribution in [3.63, 3.8) is 0 Å². The molecule has 0 unspecified atom stereocenters. The number of carbonyl (C=O) groups excluding carboxylic acids is 17. The topological polar surface area (TPSA) is 857 Å². The highest BCUT2D eigenvalue weighted by Crippen LogP contribution is 2.20. The fraction of sp³-hybridized carbons (Fsp3) is 0.592. The van der Waals surface area contributed by atoms with Gasteiger partial charge in [0.25, 0.3) is 0 Å². The number of likely N-dealkylation sites (tertiary alicyclic amines) is 1. The Labute approximate surface area is 714 Å². The van der Waals surface area contributed by atoms with E-state index in [1.54, 1.807) is 0 Å². The van der Waals surface area contributed by atoms with Crippen molar-refractivity contribution in [3.05, 3.63) is 48.0 Å². The number of hydrogen-bond donors (Lipinski definition) is 33. The maximum Gasteiger partial charge on any atom is 0.326 e. The van der Waals surface area contributed by atoms with Crippen molar-refractivity contribution in [2.75, 3.05) is 64.9 Å². The van der Waals surface area contributed by atoms with Gasteiger partial charge < -0.3 is 164 Å². The fourth-order valence-corrected chi connectivity index (χ4v) is 12.0. The minimum absolute atomic E-state index is 0.0125. The van der Waals surface area contributed by atoms with Crippen molar-refractivity contribution in [3.8, 4) is 5.75 Å². The quantitative estimate of drug-likeness (QED) is 0.0127. The van der Waals surface area contributed by atoms with Crippen molar-refractivity contribution in [1.29, 1.82) is 10.8 Å². The molecule has 1 aliphatic rings. The third kappa shape index (κ3) is 36.2. The molecule has 2 heterocycles. The minimum Gasteiger partial charge on any atom is -0.508 e. The summed E-state index contributed by atoms with van der Waals surface area (Å²) in [6.07, 6.45) is -1.94. The van der Waals surface area contributed by atoms with Crippen LogP contribution in [0.15, 0.2) is 36.8 Å². The van der Waals surface area contributed by atoms with Gasteiger partial charge in [0.15, 0.2) is 11.9 Å². The van der Waals surface area contributed by atoms with Crippen LogP contribution in [0, 0.1) is 16.7 Å². The number of aliphatic hydroxyl groups is 6. The molecular weight excluding hydrogens is 1670 g/mol. The van der Waals surface area contributed by atoms with Gasteiger partial charge in [-0.05, 0) is 82.9 Å². The van der Waals surface area contributed by atoms with Crippen LogP contribution in [0.3, 0.4) is 0 Å². The monoisotopic (exact) mass is 1780 g/mol. The summed E-state index contributed by atoms with van der Waals surface area (Å²) in [5.74, 6) is -22.5. The molecule has 1 aromatic heterocycles. The van der Waals surface area contributed by atoms with E-state index in [2.05, 4.69) is 113 Å². The van der Waals surface area contributed by atoms with Crippen LogP contribution in [0.4, 0.5) is 0 Å². The number of aromatic hydroxyl groups is 1. The number of phenols is 1. The van der Waals surface area contributed by atoms with E-state index in [1.807, 2.05) is 0 Å². The van der Waals surface area contributed by atoms with Crippen LogP contribution in [0.2, 0.25) is 0 Å². The molecule has 124 heavy (non-hydrogen) atoms. The molecule has 690 valence electrons. The van der Waals surface area contributed by atoms with Crippen LogP contribution >= 0.6 is 12.6 Å². The predicted molar refractivity (Wildman–Crippen MR) is 434 cm³/mol. The Morgan fingerprint density at radius 1 is 0.508 bits per heavy atom. The number of carbonyl (C=O) groups is 18. The van der Waals surface area contributed by atoms with Gasteiger partial charge in [0.2, 0.25) is 100 Å². The minimum atomic E-state index is -1.95. The summed E-state index contributed by atoms with van der Waals surface area (Å²) in [7, 11) is 0. The molecule has 0 spiro atoms. The van der Waals surface area contributed by atoms with E-state index in [9.17, 15) is 127 Å². The predicted octanol–water partition coefficient (Wildman–Crippen LogP) is -15.4. The number of rotatable bonds is 54. The fourth-order valence-electron chi connectivity index (χ4n) is 11.7. The SMILES string of the molecule is CC(C)[C@H](NC(=O)[C@H](CCCNC(=N)N)NC(=O)[C@@H]1CCCN1C(=O)[C@H](C)NC(=O)[C@H](CO)NC(=O)[C@H](CO)NC(=O)[C@H](CS)NC(=O)[C@H](Cc1cnc[nH]1)NC(=O)CNC(=O)[C@H](CC(N)=O)NC(=O)[C@@H](N)CCCNC(=N)N)C(=O)N[C@H](C(=O)N[C@@H](CO)C(=O)NCC(=O)N[C@@H](CO)C(=O)N[C@H](C(=O)N[C@@H](Cc1ccc(O)cc1)C(=O)O)[C@@H](C)O)[C@@H](C)O. The number of aliphatic carboxylic acids is 1. The van der Waals surface area contributed by atoms with Gasteiger partial charge >= 0.3 is 5.97 Å². The summed E-state index contributed by atoms with van der Waals surface area (Å²) in [5, 5.41) is 135. The van der Waals surface area contributed by atoms with E-state index in [1.165, 1.54) is 57.6 Å². The number of guanidine groups is 2. The Balaban J connectivity index is 1.67. The number of nitrogens with zero attached hydrogens (tertiary/aromatic N) is 2. The Kier molecular flexibility index (Phi) is 45.3. The third-order valence-electron chi connectivity index (χ3n) is 18.5. The number of aliphatic hydroxyl groups excluding tert-OH is 6. The second-order valence-corrected chi connectivity index (χ2v) is 29.2. The molecule has 36 N–H and O–H groups in total. The summed E-state index contributed by atoms with van der Waals surface area (Å²) in [5.41, 5.74) is 22.6. The van der Waals surface area contributed by atoms with E-state index < -0.39 is 273 Å². The lowest BCUT2D eigenvalue weighted by atomic mass is 10.0. The molecule has 1 aromatic carbocycles. The molecule has 1 aliphatic heterocycles. The molecular formula is C71H114N26O26S. The van der Waals surface area contributed by atoms with Crippen molar-refractivity contribution >= 4 is 131 Å². The number of H-pyrrole nitrogens is 1. The summed E-state index contributed by atoms with van der Waals surface area (Å²) >= 11 is 4.14. The number of hydrogen-bond acceptors (Lipinski definition) is 30. The van der Waals surface area contributed by atoms with Crippen LogP contribution < -0.4 is 113 Å².